The van der Waals surface area contributed by atoms with Crippen molar-refractivity contribution in [3.05, 3.63) is 53.1 Å². The van der Waals surface area contributed by atoms with Crippen molar-refractivity contribution < 1.29 is 0 Å². The van der Waals surface area contributed by atoms with Crippen LogP contribution in [0.3, 0.4) is 0 Å². The van der Waals surface area contributed by atoms with Crippen LogP contribution in [0.15, 0.2) is 42.0 Å². The molecule has 23 heavy (non-hydrogen) atoms. The summed E-state index contributed by atoms with van der Waals surface area (Å²) in [6.45, 7) is 5.88. The molecule has 0 spiro atoms. The molecule has 0 aliphatic heterocycles. The number of benzene rings is 1. The summed E-state index contributed by atoms with van der Waals surface area (Å²) in [6.07, 6.45) is 10.8. The molecule has 0 saturated heterocycles. The minimum absolute atomic E-state index is 0.541. The predicted molar refractivity (Wildman–Crippen MR) is 99.8 cm³/mol. The lowest BCUT2D eigenvalue weighted by atomic mass is 9.78. The van der Waals surface area contributed by atoms with Crippen molar-refractivity contribution in [2.45, 2.75) is 52.0 Å². The average molecular weight is 308 g/mol. The molecule has 0 radical (unpaired) electrons. The normalized spacial score (nSPS) is 17.7. The van der Waals surface area contributed by atoms with Gasteiger partial charge in [-0.05, 0) is 68.4 Å². The third kappa shape index (κ3) is 4.27. The van der Waals surface area contributed by atoms with E-state index in [1.165, 1.54) is 12.8 Å². The smallest absolute Gasteiger partial charge is 0.0672 e. The first-order valence-corrected chi connectivity index (χ1v) is 8.42. The van der Waals surface area contributed by atoms with Crippen LogP contribution in [0.2, 0.25) is 0 Å². The van der Waals surface area contributed by atoms with Crippen molar-refractivity contribution in [2.24, 2.45) is 11.7 Å². The molecule has 2 rings (SSSR count). The first-order valence-electron chi connectivity index (χ1n) is 8.42. The van der Waals surface area contributed by atoms with Crippen LogP contribution in [0.4, 0.5) is 5.69 Å². The van der Waals surface area contributed by atoms with E-state index >= 15 is 0 Å². The Kier molecular flexibility index (Phi) is 5.69. The molecule has 1 aliphatic carbocycles. The average Bonchev–Trinajstić information content (AvgIpc) is 3.36. The van der Waals surface area contributed by atoms with Crippen molar-refractivity contribution >= 4 is 5.69 Å². The maximum atomic E-state index is 6.94. The Morgan fingerprint density at radius 3 is 2.70 bits per heavy atom. The first-order chi connectivity index (χ1) is 11.0. The molecule has 0 heterocycles. The van der Waals surface area contributed by atoms with Crippen LogP contribution in [-0.4, -0.2) is 0 Å². The van der Waals surface area contributed by atoms with Gasteiger partial charge >= 0.3 is 0 Å². The van der Waals surface area contributed by atoms with Gasteiger partial charge in [0, 0.05) is 5.69 Å². The molecule has 1 fully saturated rings. The number of hydrogen-bond donors (Lipinski definition) is 2. The minimum atomic E-state index is -0.541. The van der Waals surface area contributed by atoms with E-state index in [4.69, 9.17) is 11.5 Å². The Bertz CT molecular complexity index is 669. The van der Waals surface area contributed by atoms with E-state index in [1.807, 2.05) is 39.0 Å². The molecule has 4 N–H and O–H groups in total. The van der Waals surface area contributed by atoms with Crippen LogP contribution in [0.1, 0.15) is 50.7 Å². The van der Waals surface area contributed by atoms with Gasteiger partial charge in [0.05, 0.1) is 5.54 Å². The predicted octanol–water partition coefficient (Wildman–Crippen LogP) is 4.45. The SMILES string of the molecule is CC#C/C=C(\C=C/C)C(N)(CCC1CC1)c1ccc(C)c(N)c1. The van der Waals surface area contributed by atoms with Crippen molar-refractivity contribution in [3.63, 3.8) is 0 Å². The quantitative estimate of drug-likeness (QED) is 0.463. The molecular weight excluding hydrogens is 280 g/mol. The third-order valence-electron chi connectivity index (χ3n) is 4.67. The Morgan fingerprint density at radius 2 is 2.13 bits per heavy atom. The van der Waals surface area contributed by atoms with E-state index in [9.17, 15) is 0 Å². The van der Waals surface area contributed by atoms with Gasteiger partial charge < -0.3 is 11.5 Å². The molecule has 2 heteroatoms. The fraction of sp³-hybridized carbons (Fsp3) is 0.429. The highest BCUT2D eigenvalue weighted by Crippen LogP contribution is 2.40. The van der Waals surface area contributed by atoms with Gasteiger partial charge in [-0.1, -0.05) is 43.0 Å². The van der Waals surface area contributed by atoms with Crippen molar-refractivity contribution in [1.82, 2.24) is 0 Å². The summed E-state index contributed by atoms with van der Waals surface area (Å²) in [5.41, 5.74) is 16.5. The monoisotopic (exact) mass is 308 g/mol. The summed E-state index contributed by atoms with van der Waals surface area (Å²) in [4.78, 5) is 0. The van der Waals surface area contributed by atoms with E-state index in [0.29, 0.717) is 0 Å². The van der Waals surface area contributed by atoms with E-state index in [0.717, 1.165) is 41.1 Å². The summed E-state index contributed by atoms with van der Waals surface area (Å²) >= 11 is 0. The van der Waals surface area contributed by atoms with E-state index in [2.05, 4.69) is 30.0 Å². The lowest BCUT2D eigenvalue weighted by molar-refractivity contribution is 0.454. The van der Waals surface area contributed by atoms with Gasteiger partial charge in [0.1, 0.15) is 0 Å². The summed E-state index contributed by atoms with van der Waals surface area (Å²) in [7, 11) is 0. The lowest BCUT2D eigenvalue weighted by Gasteiger charge is -2.32. The maximum Gasteiger partial charge on any atom is 0.0672 e. The van der Waals surface area contributed by atoms with Gasteiger partial charge in [0.15, 0.2) is 0 Å². The highest BCUT2D eigenvalue weighted by Gasteiger charge is 2.33. The highest BCUT2D eigenvalue weighted by atomic mass is 14.8. The summed E-state index contributed by atoms with van der Waals surface area (Å²) < 4.78 is 0. The largest absolute Gasteiger partial charge is 0.399 e. The van der Waals surface area contributed by atoms with Crippen molar-refractivity contribution in [2.75, 3.05) is 5.73 Å². The van der Waals surface area contributed by atoms with E-state index in [1.54, 1.807) is 0 Å². The Hall–Kier alpha value is -1.98. The second kappa shape index (κ2) is 7.53. The van der Waals surface area contributed by atoms with Gasteiger partial charge in [0.2, 0.25) is 0 Å². The number of nitrogens with two attached hydrogens (primary N) is 2. The molecule has 0 amide bonds. The molecule has 0 bridgehead atoms. The summed E-state index contributed by atoms with van der Waals surface area (Å²) in [6, 6.07) is 6.19. The van der Waals surface area contributed by atoms with Crippen LogP contribution < -0.4 is 11.5 Å². The number of anilines is 1. The van der Waals surface area contributed by atoms with E-state index < -0.39 is 5.54 Å². The summed E-state index contributed by atoms with van der Waals surface area (Å²) in [5, 5.41) is 0. The Morgan fingerprint density at radius 1 is 1.39 bits per heavy atom. The topological polar surface area (TPSA) is 52.0 Å². The highest BCUT2D eigenvalue weighted by molar-refractivity contribution is 5.53. The van der Waals surface area contributed by atoms with Gasteiger partial charge in [0.25, 0.3) is 0 Å². The molecule has 1 aromatic rings. The Labute approximate surface area is 140 Å². The van der Waals surface area contributed by atoms with Crippen molar-refractivity contribution in [1.29, 1.82) is 0 Å². The molecule has 1 atom stereocenters. The lowest BCUT2D eigenvalue weighted by Crippen LogP contribution is -2.38. The fourth-order valence-electron chi connectivity index (χ4n) is 2.87. The van der Waals surface area contributed by atoms with Crippen LogP contribution in [0.25, 0.3) is 0 Å². The second-order valence-corrected chi connectivity index (χ2v) is 6.52. The third-order valence-corrected chi connectivity index (χ3v) is 4.67. The summed E-state index contributed by atoms with van der Waals surface area (Å²) in [5.74, 6) is 6.84. The first kappa shape index (κ1) is 17.4. The number of aryl methyl sites for hydroxylation is 1. The van der Waals surface area contributed by atoms with E-state index in [-0.39, 0.29) is 0 Å². The van der Waals surface area contributed by atoms with Crippen LogP contribution in [0.5, 0.6) is 0 Å². The van der Waals surface area contributed by atoms with Crippen molar-refractivity contribution in [3.8, 4) is 11.8 Å². The van der Waals surface area contributed by atoms with Gasteiger partial charge in [-0.3, -0.25) is 0 Å². The van der Waals surface area contributed by atoms with Crippen LogP contribution in [-0.2, 0) is 5.54 Å². The number of rotatable bonds is 6. The molecule has 1 saturated carbocycles. The minimum Gasteiger partial charge on any atom is -0.399 e. The maximum absolute atomic E-state index is 6.94. The zero-order chi connectivity index (χ0) is 16.9. The number of allylic oxidation sites excluding steroid dienone is 2. The molecule has 0 aromatic heterocycles. The molecule has 1 aliphatic rings. The van der Waals surface area contributed by atoms with Gasteiger partial charge in [-0.25, -0.2) is 0 Å². The molecule has 1 unspecified atom stereocenters. The molecular formula is C21H28N2. The standard InChI is InChI=1S/C21H28N2/c1-4-6-8-18(7-5-2)21(23,14-13-17-10-11-17)19-12-9-16(3)20(22)15-19/h5,7-9,12,15,17H,10-11,13-14,22-23H2,1-3H3/b7-5-,18-8+. The van der Waals surface area contributed by atoms with Gasteiger partial charge in [-0.2, -0.15) is 0 Å². The zero-order valence-electron chi connectivity index (χ0n) is 14.5. The zero-order valence-corrected chi connectivity index (χ0v) is 14.5. The van der Waals surface area contributed by atoms with Crippen LogP contribution in [0, 0.1) is 24.7 Å². The fourth-order valence-corrected chi connectivity index (χ4v) is 2.87. The number of nitrogen functional groups attached to an aromatic ring is 1. The molecule has 1 aromatic carbocycles. The molecule has 122 valence electrons. The van der Waals surface area contributed by atoms with Crippen LogP contribution >= 0.6 is 0 Å². The number of hydrogen-bond acceptors (Lipinski definition) is 2. The Balaban J connectivity index is 2.46. The second-order valence-electron chi connectivity index (χ2n) is 6.52. The van der Waals surface area contributed by atoms with Gasteiger partial charge in [-0.15, -0.1) is 5.92 Å². The molecule has 2 nitrogen and oxygen atoms in total.